The molecule has 1 aromatic rings. The Morgan fingerprint density at radius 1 is 1.35 bits per heavy atom. The summed E-state index contributed by atoms with van der Waals surface area (Å²) in [5.41, 5.74) is 0.455. The van der Waals surface area contributed by atoms with Crippen LogP contribution in [0, 0.1) is 5.41 Å². The zero-order valence-corrected chi connectivity index (χ0v) is 12.2. The smallest absolute Gasteiger partial charge is 0.248 e. The Hall–Kier alpha value is -0.790. The van der Waals surface area contributed by atoms with Crippen molar-refractivity contribution in [2.75, 3.05) is 0 Å². The SMILES string of the molecule is CCCC(C)[n+]1cc[nH]c1CCC(C)(C)CC. The predicted molar refractivity (Wildman–Crippen MR) is 73.0 cm³/mol. The number of aryl methyl sites for hydroxylation is 1. The molecule has 0 spiro atoms. The second-order valence-electron chi connectivity index (χ2n) is 5.97. The van der Waals surface area contributed by atoms with Crippen molar-refractivity contribution >= 4 is 0 Å². The topological polar surface area (TPSA) is 19.7 Å². The molecule has 2 nitrogen and oxygen atoms in total. The summed E-state index contributed by atoms with van der Waals surface area (Å²) in [4.78, 5) is 3.40. The summed E-state index contributed by atoms with van der Waals surface area (Å²) in [6.45, 7) is 11.6. The molecule has 1 unspecified atom stereocenters. The van der Waals surface area contributed by atoms with Crippen molar-refractivity contribution < 1.29 is 4.57 Å². The van der Waals surface area contributed by atoms with Crippen molar-refractivity contribution in [2.45, 2.75) is 72.8 Å². The number of aromatic nitrogens is 2. The summed E-state index contributed by atoms with van der Waals surface area (Å²) in [7, 11) is 0. The number of H-pyrrole nitrogens is 1. The van der Waals surface area contributed by atoms with Crippen LogP contribution in [0.15, 0.2) is 12.4 Å². The number of hydrogen-bond acceptors (Lipinski definition) is 0. The monoisotopic (exact) mass is 237 g/mol. The van der Waals surface area contributed by atoms with Crippen LogP contribution in [-0.2, 0) is 6.42 Å². The van der Waals surface area contributed by atoms with Gasteiger partial charge in [0.15, 0.2) is 0 Å². The minimum atomic E-state index is 0.455. The van der Waals surface area contributed by atoms with Gasteiger partial charge in [0, 0.05) is 6.42 Å². The standard InChI is InChI=1S/C15H28N2/c1-6-8-13(3)17-12-11-16-14(17)9-10-15(4,5)7-2/h11-13H,6-10H2,1-5H3/p+1. The van der Waals surface area contributed by atoms with Gasteiger partial charge >= 0.3 is 0 Å². The minimum Gasteiger partial charge on any atom is -0.248 e. The third-order valence-electron chi connectivity index (χ3n) is 3.97. The maximum Gasteiger partial charge on any atom is 0.254 e. The molecule has 1 rings (SSSR count). The molecule has 0 saturated heterocycles. The van der Waals surface area contributed by atoms with Gasteiger partial charge in [-0.15, -0.1) is 0 Å². The number of nitrogens with zero attached hydrogens (tertiary/aromatic N) is 1. The third-order valence-corrected chi connectivity index (χ3v) is 3.97. The van der Waals surface area contributed by atoms with Crippen molar-refractivity contribution in [2.24, 2.45) is 5.41 Å². The van der Waals surface area contributed by atoms with Gasteiger partial charge < -0.3 is 0 Å². The van der Waals surface area contributed by atoms with Crippen LogP contribution in [0.3, 0.4) is 0 Å². The highest BCUT2D eigenvalue weighted by molar-refractivity contribution is 4.81. The summed E-state index contributed by atoms with van der Waals surface area (Å²) in [6, 6.07) is 0.617. The number of aromatic amines is 1. The summed E-state index contributed by atoms with van der Waals surface area (Å²) >= 11 is 0. The van der Waals surface area contributed by atoms with Crippen molar-refractivity contribution in [3.05, 3.63) is 18.2 Å². The van der Waals surface area contributed by atoms with Gasteiger partial charge in [-0.2, -0.15) is 0 Å². The molecule has 0 saturated carbocycles. The van der Waals surface area contributed by atoms with E-state index in [1.165, 1.54) is 31.5 Å². The van der Waals surface area contributed by atoms with E-state index in [0.29, 0.717) is 11.5 Å². The van der Waals surface area contributed by atoms with Gasteiger partial charge in [0.1, 0.15) is 12.4 Å². The Bertz CT molecular complexity index is 325. The minimum absolute atomic E-state index is 0.455. The van der Waals surface area contributed by atoms with E-state index in [1.54, 1.807) is 0 Å². The number of hydrogen-bond donors (Lipinski definition) is 1. The average molecular weight is 237 g/mol. The molecule has 0 radical (unpaired) electrons. The Morgan fingerprint density at radius 2 is 2.06 bits per heavy atom. The van der Waals surface area contributed by atoms with Gasteiger partial charge in [0.2, 0.25) is 0 Å². The second-order valence-corrected chi connectivity index (χ2v) is 5.97. The first-order valence-corrected chi connectivity index (χ1v) is 7.07. The first-order chi connectivity index (χ1) is 8.00. The highest BCUT2D eigenvalue weighted by atomic mass is 15.1. The maximum absolute atomic E-state index is 3.40. The largest absolute Gasteiger partial charge is 0.254 e. The summed E-state index contributed by atoms with van der Waals surface area (Å²) in [5, 5.41) is 0. The van der Waals surface area contributed by atoms with E-state index in [-0.39, 0.29) is 0 Å². The molecule has 1 aromatic heterocycles. The maximum atomic E-state index is 3.40. The Kier molecular flexibility index (Phi) is 5.23. The Morgan fingerprint density at radius 3 is 2.65 bits per heavy atom. The van der Waals surface area contributed by atoms with Crippen LogP contribution in [0.5, 0.6) is 0 Å². The van der Waals surface area contributed by atoms with Gasteiger partial charge in [-0.3, -0.25) is 0 Å². The fraction of sp³-hybridized carbons (Fsp3) is 0.800. The molecule has 0 aliphatic rings. The molecule has 0 fully saturated rings. The van der Waals surface area contributed by atoms with E-state index in [9.17, 15) is 0 Å². The highest BCUT2D eigenvalue weighted by Crippen LogP contribution is 2.25. The average Bonchev–Trinajstić information content (AvgIpc) is 2.75. The van der Waals surface area contributed by atoms with Gasteiger partial charge in [0.25, 0.3) is 5.82 Å². The lowest BCUT2D eigenvalue weighted by atomic mass is 9.85. The lowest BCUT2D eigenvalue weighted by Gasteiger charge is -2.21. The third kappa shape index (κ3) is 4.18. The molecule has 0 bridgehead atoms. The molecule has 0 aliphatic carbocycles. The van der Waals surface area contributed by atoms with Crippen LogP contribution in [0.2, 0.25) is 0 Å². The lowest BCUT2D eigenvalue weighted by Crippen LogP contribution is -2.40. The molecule has 17 heavy (non-hydrogen) atoms. The van der Waals surface area contributed by atoms with Crippen molar-refractivity contribution in [1.29, 1.82) is 0 Å². The van der Waals surface area contributed by atoms with Crippen LogP contribution in [0.1, 0.15) is 72.2 Å². The zero-order valence-electron chi connectivity index (χ0n) is 12.2. The van der Waals surface area contributed by atoms with Crippen LogP contribution >= 0.6 is 0 Å². The van der Waals surface area contributed by atoms with Gasteiger partial charge in [-0.25, -0.2) is 9.55 Å². The molecular weight excluding hydrogens is 208 g/mol. The van der Waals surface area contributed by atoms with Gasteiger partial charge in [0.05, 0.1) is 6.04 Å². The first-order valence-electron chi connectivity index (χ1n) is 7.07. The number of rotatable bonds is 7. The summed E-state index contributed by atoms with van der Waals surface area (Å²) in [6.07, 6.45) is 10.4. The molecule has 98 valence electrons. The Labute approximate surface area is 106 Å². The number of imidazole rings is 1. The quantitative estimate of drug-likeness (QED) is 0.691. The molecule has 2 heteroatoms. The predicted octanol–water partition coefficient (Wildman–Crippen LogP) is 4.03. The van der Waals surface area contributed by atoms with Crippen molar-refractivity contribution in [1.82, 2.24) is 4.98 Å². The fourth-order valence-corrected chi connectivity index (χ4v) is 2.18. The molecule has 1 heterocycles. The van der Waals surface area contributed by atoms with Crippen LogP contribution < -0.4 is 4.57 Å². The number of nitrogens with one attached hydrogen (secondary N) is 1. The van der Waals surface area contributed by atoms with Gasteiger partial charge in [-0.1, -0.05) is 40.5 Å². The normalized spacial score (nSPS) is 13.9. The van der Waals surface area contributed by atoms with E-state index in [0.717, 1.165) is 6.42 Å². The summed E-state index contributed by atoms with van der Waals surface area (Å²) < 4.78 is 2.41. The summed E-state index contributed by atoms with van der Waals surface area (Å²) in [5.74, 6) is 1.38. The molecule has 0 aliphatic heterocycles. The first kappa shape index (κ1) is 14.3. The molecule has 0 amide bonds. The van der Waals surface area contributed by atoms with E-state index in [1.807, 2.05) is 0 Å². The van der Waals surface area contributed by atoms with Crippen LogP contribution in [0.25, 0.3) is 0 Å². The van der Waals surface area contributed by atoms with Crippen molar-refractivity contribution in [3.63, 3.8) is 0 Å². The van der Waals surface area contributed by atoms with E-state index < -0.39 is 0 Å². The fourth-order valence-electron chi connectivity index (χ4n) is 2.18. The van der Waals surface area contributed by atoms with E-state index in [2.05, 4.69) is 56.6 Å². The highest BCUT2D eigenvalue weighted by Gasteiger charge is 2.21. The zero-order chi connectivity index (χ0) is 12.9. The molecule has 1 atom stereocenters. The molecule has 1 N–H and O–H groups in total. The molecule has 0 aromatic carbocycles. The Balaban J connectivity index is 2.63. The van der Waals surface area contributed by atoms with E-state index in [4.69, 9.17) is 0 Å². The lowest BCUT2D eigenvalue weighted by molar-refractivity contribution is -0.726. The van der Waals surface area contributed by atoms with Crippen LogP contribution in [-0.4, -0.2) is 4.98 Å². The van der Waals surface area contributed by atoms with E-state index >= 15 is 0 Å². The molecular formula is C15H29N2+. The van der Waals surface area contributed by atoms with Crippen LogP contribution in [0.4, 0.5) is 0 Å². The van der Waals surface area contributed by atoms with Gasteiger partial charge in [-0.05, 0) is 25.2 Å². The second kappa shape index (κ2) is 6.23. The van der Waals surface area contributed by atoms with Crippen molar-refractivity contribution in [3.8, 4) is 0 Å².